The number of nitrogens with one attached hydrogen (secondary N) is 3. The molecule has 0 spiro atoms. The van der Waals surface area contributed by atoms with E-state index in [1.54, 1.807) is 18.0 Å². The van der Waals surface area contributed by atoms with Gasteiger partial charge < -0.3 is 20.4 Å². The largest absolute Gasteiger partial charge is 0.393 e. The highest BCUT2D eigenvalue weighted by atomic mass is 32.2. The molecule has 0 bridgehead atoms. The van der Waals surface area contributed by atoms with Crippen LogP contribution in [0.4, 0.5) is 0 Å². The van der Waals surface area contributed by atoms with Crippen molar-refractivity contribution in [1.29, 1.82) is 0 Å². The van der Waals surface area contributed by atoms with Crippen molar-refractivity contribution in [1.82, 2.24) is 20.3 Å². The summed E-state index contributed by atoms with van der Waals surface area (Å²) in [6, 6.07) is 0. The van der Waals surface area contributed by atoms with Gasteiger partial charge in [0.05, 0.1) is 17.9 Å². The summed E-state index contributed by atoms with van der Waals surface area (Å²) < 4.78 is 0. The number of aliphatic hydroxyl groups is 1. The highest BCUT2D eigenvalue weighted by Crippen LogP contribution is 2.14. The minimum absolute atomic E-state index is 0.159. The van der Waals surface area contributed by atoms with Gasteiger partial charge in [-0.15, -0.1) is 0 Å². The van der Waals surface area contributed by atoms with Crippen LogP contribution in [0, 0.1) is 5.92 Å². The number of rotatable bonds is 8. The number of fused-ring (bicyclic) bond motifs is 1. The fourth-order valence-electron chi connectivity index (χ4n) is 2.39. The SMILES string of the molecule is CC[C@H](O)C(CNCc1c[nH]c2c(=O)[nH]cnc12)CSC. The molecule has 116 valence electrons. The number of aliphatic hydroxyl groups excluding tert-OH is 1. The Morgan fingerprint density at radius 1 is 1.48 bits per heavy atom. The maximum atomic E-state index is 11.6. The van der Waals surface area contributed by atoms with Crippen LogP contribution in [0.1, 0.15) is 18.9 Å². The molecule has 7 heteroatoms. The standard InChI is InChI=1S/C14H22N4O2S/c1-3-11(19)10(7-21-2)5-15-4-9-6-16-13-12(9)17-8-18-14(13)20/h6,8,10-11,15-16,19H,3-5,7H2,1-2H3,(H,17,18,20)/t10?,11-/m0/s1. The molecule has 0 aromatic carbocycles. The van der Waals surface area contributed by atoms with E-state index in [0.717, 1.165) is 24.3 Å². The molecule has 0 saturated heterocycles. The molecule has 0 aliphatic carbocycles. The topological polar surface area (TPSA) is 93.8 Å². The van der Waals surface area contributed by atoms with Gasteiger partial charge in [0.15, 0.2) is 0 Å². The highest BCUT2D eigenvalue weighted by Gasteiger charge is 2.17. The van der Waals surface area contributed by atoms with E-state index in [0.29, 0.717) is 17.6 Å². The number of aromatic nitrogens is 3. The van der Waals surface area contributed by atoms with Crippen molar-refractivity contribution in [3.05, 3.63) is 28.4 Å². The van der Waals surface area contributed by atoms with E-state index in [-0.39, 0.29) is 17.6 Å². The van der Waals surface area contributed by atoms with Gasteiger partial charge in [0.25, 0.3) is 5.56 Å². The molecule has 6 nitrogen and oxygen atoms in total. The van der Waals surface area contributed by atoms with E-state index >= 15 is 0 Å². The molecule has 0 fully saturated rings. The molecule has 0 aliphatic rings. The van der Waals surface area contributed by atoms with Crippen LogP contribution in [-0.4, -0.2) is 44.7 Å². The van der Waals surface area contributed by atoms with Crippen LogP contribution < -0.4 is 10.9 Å². The van der Waals surface area contributed by atoms with Gasteiger partial charge in [-0.25, -0.2) is 4.98 Å². The van der Waals surface area contributed by atoms with Gasteiger partial charge in [-0.1, -0.05) is 6.92 Å². The predicted octanol–water partition coefficient (Wildman–Crippen LogP) is 1.09. The van der Waals surface area contributed by atoms with Crippen LogP contribution in [0.25, 0.3) is 11.0 Å². The highest BCUT2D eigenvalue weighted by molar-refractivity contribution is 7.98. The van der Waals surface area contributed by atoms with Gasteiger partial charge >= 0.3 is 0 Å². The van der Waals surface area contributed by atoms with E-state index in [4.69, 9.17) is 0 Å². The van der Waals surface area contributed by atoms with E-state index in [1.807, 2.05) is 13.2 Å². The summed E-state index contributed by atoms with van der Waals surface area (Å²) in [4.78, 5) is 21.3. The third-order valence-electron chi connectivity index (χ3n) is 3.61. The van der Waals surface area contributed by atoms with E-state index < -0.39 is 0 Å². The van der Waals surface area contributed by atoms with E-state index in [1.165, 1.54) is 6.33 Å². The van der Waals surface area contributed by atoms with Gasteiger partial charge in [-0.2, -0.15) is 11.8 Å². The molecule has 2 aromatic heterocycles. The Morgan fingerprint density at radius 2 is 2.29 bits per heavy atom. The number of thioether (sulfide) groups is 1. The maximum Gasteiger partial charge on any atom is 0.275 e. The summed E-state index contributed by atoms with van der Waals surface area (Å²) in [5.41, 5.74) is 2.00. The average Bonchev–Trinajstić information content (AvgIpc) is 2.90. The smallest absolute Gasteiger partial charge is 0.275 e. The summed E-state index contributed by atoms with van der Waals surface area (Å²) in [6.07, 6.45) is 5.75. The zero-order valence-electron chi connectivity index (χ0n) is 12.3. The molecule has 2 rings (SSSR count). The zero-order valence-corrected chi connectivity index (χ0v) is 13.2. The summed E-state index contributed by atoms with van der Waals surface area (Å²) >= 11 is 1.74. The summed E-state index contributed by atoms with van der Waals surface area (Å²) in [7, 11) is 0. The van der Waals surface area contributed by atoms with Gasteiger partial charge in [0.2, 0.25) is 0 Å². The van der Waals surface area contributed by atoms with Gasteiger partial charge in [-0.05, 0) is 18.4 Å². The molecule has 1 unspecified atom stereocenters. The lowest BCUT2D eigenvalue weighted by Crippen LogP contribution is -2.32. The van der Waals surface area contributed by atoms with Crippen LogP contribution in [0.5, 0.6) is 0 Å². The van der Waals surface area contributed by atoms with Gasteiger partial charge in [0.1, 0.15) is 5.52 Å². The number of H-pyrrole nitrogens is 2. The Kier molecular flexibility index (Phi) is 5.84. The summed E-state index contributed by atoms with van der Waals surface area (Å²) in [5.74, 6) is 1.15. The lowest BCUT2D eigenvalue weighted by atomic mass is 10.0. The van der Waals surface area contributed by atoms with Crippen molar-refractivity contribution < 1.29 is 5.11 Å². The van der Waals surface area contributed by atoms with Crippen LogP contribution in [-0.2, 0) is 6.54 Å². The van der Waals surface area contributed by atoms with Crippen LogP contribution in [0.2, 0.25) is 0 Å². The molecule has 4 N–H and O–H groups in total. The van der Waals surface area contributed by atoms with Crippen LogP contribution in [0.15, 0.2) is 17.3 Å². The number of nitrogens with zero attached hydrogens (tertiary/aromatic N) is 1. The molecule has 0 saturated carbocycles. The minimum Gasteiger partial charge on any atom is -0.393 e. The fraction of sp³-hybridized carbons (Fsp3) is 0.571. The van der Waals surface area contributed by atoms with Crippen LogP contribution in [0.3, 0.4) is 0 Å². The number of hydrogen-bond donors (Lipinski definition) is 4. The third kappa shape index (κ3) is 3.87. The number of hydrogen-bond acceptors (Lipinski definition) is 5. The Balaban J connectivity index is 1.98. The number of aromatic amines is 2. The third-order valence-corrected chi connectivity index (χ3v) is 4.37. The molecule has 0 amide bonds. The van der Waals surface area contributed by atoms with Crippen molar-refractivity contribution in [3.8, 4) is 0 Å². The normalized spacial score (nSPS) is 14.4. The Labute approximate surface area is 127 Å². The van der Waals surface area contributed by atoms with Crippen LogP contribution >= 0.6 is 11.8 Å². The van der Waals surface area contributed by atoms with Crippen molar-refractivity contribution in [3.63, 3.8) is 0 Å². The van der Waals surface area contributed by atoms with Crippen molar-refractivity contribution >= 4 is 22.8 Å². The Hall–Kier alpha value is -1.31. The predicted molar refractivity (Wildman–Crippen MR) is 86.6 cm³/mol. The first-order chi connectivity index (χ1) is 10.2. The Morgan fingerprint density at radius 3 is 3.00 bits per heavy atom. The quantitative estimate of drug-likeness (QED) is 0.586. The van der Waals surface area contributed by atoms with E-state index in [9.17, 15) is 9.90 Å². The molecular weight excluding hydrogens is 288 g/mol. The first-order valence-corrected chi connectivity index (χ1v) is 8.48. The first-order valence-electron chi connectivity index (χ1n) is 7.08. The zero-order chi connectivity index (χ0) is 15.2. The van der Waals surface area contributed by atoms with Crippen molar-refractivity contribution in [2.75, 3.05) is 18.6 Å². The molecule has 21 heavy (non-hydrogen) atoms. The average molecular weight is 310 g/mol. The van der Waals surface area contributed by atoms with Gasteiger partial charge in [0, 0.05) is 30.8 Å². The second-order valence-electron chi connectivity index (χ2n) is 5.09. The maximum absolute atomic E-state index is 11.6. The molecule has 0 radical (unpaired) electrons. The van der Waals surface area contributed by atoms with E-state index in [2.05, 4.69) is 20.3 Å². The fourth-order valence-corrected chi connectivity index (χ4v) is 3.15. The second-order valence-corrected chi connectivity index (χ2v) is 6.00. The van der Waals surface area contributed by atoms with Crippen molar-refractivity contribution in [2.45, 2.75) is 26.0 Å². The molecular formula is C14H22N4O2S. The van der Waals surface area contributed by atoms with Crippen molar-refractivity contribution in [2.24, 2.45) is 5.92 Å². The minimum atomic E-state index is -0.283. The molecule has 0 aliphatic heterocycles. The summed E-state index contributed by atoms with van der Waals surface area (Å²) in [5, 5.41) is 13.4. The second kappa shape index (κ2) is 7.63. The monoisotopic (exact) mass is 310 g/mol. The summed E-state index contributed by atoms with van der Waals surface area (Å²) in [6.45, 7) is 3.36. The molecule has 2 aromatic rings. The lowest BCUT2D eigenvalue weighted by Gasteiger charge is -2.21. The first kappa shape index (κ1) is 16.1. The Bertz CT molecular complexity index is 625. The lowest BCUT2D eigenvalue weighted by molar-refractivity contribution is 0.114. The molecule has 2 atom stereocenters. The molecule has 2 heterocycles. The van der Waals surface area contributed by atoms with Gasteiger partial charge in [-0.3, -0.25) is 4.79 Å².